The van der Waals surface area contributed by atoms with Crippen LogP contribution in [0.3, 0.4) is 0 Å². The summed E-state index contributed by atoms with van der Waals surface area (Å²) in [6.07, 6.45) is 2.77. The zero-order valence-corrected chi connectivity index (χ0v) is 12.6. The minimum atomic E-state index is 0.102. The molecular weight excluding hydrogens is 284 g/mol. The van der Waals surface area contributed by atoms with E-state index in [9.17, 15) is 4.79 Å². The molecule has 1 amide bonds. The van der Waals surface area contributed by atoms with Crippen LogP contribution in [0.25, 0.3) is 10.2 Å². The summed E-state index contributed by atoms with van der Waals surface area (Å²) < 4.78 is 6.42. The maximum Gasteiger partial charge on any atom is 0.223 e. The molecule has 0 aliphatic carbocycles. The molecular formula is C16H16N2O2S. The van der Waals surface area contributed by atoms with E-state index in [4.69, 9.17) is 4.42 Å². The summed E-state index contributed by atoms with van der Waals surface area (Å²) in [5.41, 5.74) is 1.01. The molecule has 4 nitrogen and oxygen atoms in total. The Bertz CT molecular complexity index is 701. The van der Waals surface area contributed by atoms with Gasteiger partial charge in [0.1, 0.15) is 5.76 Å². The van der Waals surface area contributed by atoms with Gasteiger partial charge in [-0.15, -0.1) is 11.3 Å². The van der Waals surface area contributed by atoms with Crippen LogP contribution in [0.1, 0.15) is 17.2 Å². The number of fused-ring (bicyclic) bond motifs is 1. The molecule has 0 radical (unpaired) electrons. The molecule has 0 saturated heterocycles. The molecule has 3 rings (SSSR count). The van der Waals surface area contributed by atoms with E-state index in [1.165, 1.54) is 4.70 Å². The second-order valence-corrected chi connectivity index (χ2v) is 6.02. The lowest BCUT2D eigenvalue weighted by atomic mass is 10.3. The van der Waals surface area contributed by atoms with Crippen molar-refractivity contribution in [1.82, 2.24) is 9.88 Å². The van der Waals surface area contributed by atoms with E-state index in [2.05, 4.69) is 11.1 Å². The summed E-state index contributed by atoms with van der Waals surface area (Å²) in [4.78, 5) is 18.4. The zero-order valence-electron chi connectivity index (χ0n) is 11.8. The highest BCUT2D eigenvalue weighted by atomic mass is 32.1. The maximum atomic E-state index is 12.1. The second kappa shape index (κ2) is 6.10. The third kappa shape index (κ3) is 3.31. The molecule has 0 bridgehead atoms. The van der Waals surface area contributed by atoms with Crippen LogP contribution in [-0.2, 0) is 17.8 Å². The Hall–Kier alpha value is -2.14. The van der Waals surface area contributed by atoms with E-state index in [1.54, 1.807) is 29.5 Å². The predicted molar refractivity (Wildman–Crippen MR) is 83.1 cm³/mol. The smallest absolute Gasteiger partial charge is 0.223 e. The van der Waals surface area contributed by atoms with Gasteiger partial charge in [-0.05, 0) is 24.3 Å². The van der Waals surface area contributed by atoms with E-state index in [1.807, 2.05) is 30.3 Å². The van der Waals surface area contributed by atoms with Gasteiger partial charge in [-0.1, -0.05) is 12.1 Å². The minimum absolute atomic E-state index is 0.102. The molecule has 108 valence electrons. The Morgan fingerprint density at radius 1 is 1.29 bits per heavy atom. The van der Waals surface area contributed by atoms with Crippen molar-refractivity contribution >= 4 is 27.5 Å². The largest absolute Gasteiger partial charge is 0.467 e. The molecule has 21 heavy (non-hydrogen) atoms. The average molecular weight is 300 g/mol. The van der Waals surface area contributed by atoms with Crippen LogP contribution in [0.5, 0.6) is 0 Å². The van der Waals surface area contributed by atoms with Gasteiger partial charge in [0.2, 0.25) is 5.91 Å². The number of para-hydroxylation sites is 1. The Balaban J connectivity index is 1.57. The molecule has 0 unspecified atom stereocenters. The summed E-state index contributed by atoms with van der Waals surface area (Å²) >= 11 is 1.66. The molecule has 0 aliphatic heterocycles. The fourth-order valence-electron chi connectivity index (χ4n) is 2.16. The van der Waals surface area contributed by atoms with Crippen LogP contribution in [-0.4, -0.2) is 22.8 Å². The van der Waals surface area contributed by atoms with Crippen molar-refractivity contribution < 1.29 is 9.21 Å². The van der Waals surface area contributed by atoms with Crippen molar-refractivity contribution in [3.05, 3.63) is 53.4 Å². The Morgan fingerprint density at radius 3 is 2.90 bits per heavy atom. The van der Waals surface area contributed by atoms with Gasteiger partial charge in [0.05, 0.1) is 28.0 Å². The quantitative estimate of drug-likeness (QED) is 0.724. The lowest BCUT2D eigenvalue weighted by Crippen LogP contribution is -2.26. The van der Waals surface area contributed by atoms with Crippen LogP contribution < -0.4 is 0 Å². The van der Waals surface area contributed by atoms with Gasteiger partial charge < -0.3 is 9.32 Å². The number of aromatic nitrogens is 1. The third-order valence-electron chi connectivity index (χ3n) is 3.29. The molecule has 2 aromatic heterocycles. The molecule has 0 atom stereocenters. The van der Waals surface area contributed by atoms with Gasteiger partial charge in [0.15, 0.2) is 0 Å². The first-order valence-corrected chi connectivity index (χ1v) is 7.65. The number of carbonyl (C=O) groups is 1. The molecule has 3 aromatic rings. The van der Waals surface area contributed by atoms with Crippen molar-refractivity contribution in [1.29, 1.82) is 0 Å². The number of hydrogen-bond donors (Lipinski definition) is 0. The fourth-order valence-corrected chi connectivity index (χ4v) is 3.12. The van der Waals surface area contributed by atoms with E-state index >= 15 is 0 Å². The number of benzene rings is 1. The van der Waals surface area contributed by atoms with Gasteiger partial charge in [-0.2, -0.15) is 0 Å². The molecule has 0 aliphatic rings. The molecule has 0 fully saturated rings. The lowest BCUT2D eigenvalue weighted by molar-refractivity contribution is -0.130. The Morgan fingerprint density at radius 2 is 2.14 bits per heavy atom. The summed E-state index contributed by atoms with van der Waals surface area (Å²) in [6.45, 7) is 0.506. The van der Waals surface area contributed by atoms with Crippen molar-refractivity contribution in [2.24, 2.45) is 0 Å². The van der Waals surface area contributed by atoms with Crippen LogP contribution >= 0.6 is 11.3 Å². The van der Waals surface area contributed by atoms with Gasteiger partial charge in [0, 0.05) is 19.9 Å². The Kier molecular flexibility index (Phi) is 4.01. The average Bonchev–Trinajstić information content (AvgIpc) is 3.13. The maximum absolute atomic E-state index is 12.1. The molecule has 1 aromatic carbocycles. The van der Waals surface area contributed by atoms with E-state index in [0.29, 0.717) is 19.4 Å². The third-order valence-corrected chi connectivity index (χ3v) is 4.39. The van der Waals surface area contributed by atoms with Crippen molar-refractivity contribution in [3.8, 4) is 0 Å². The summed E-state index contributed by atoms with van der Waals surface area (Å²) in [5.74, 6) is 0.900. The summed E-state index contributed by atoms with van der Waals surface area (Å²) in [6, 6.07) is 11.7. The second-order valence-electron chi connectivity index (χ2n) is 4.90. The number of nitrogens with zero attached hydrogens (tertiary/aromatic N) is 2. The SMILES string of the molecule is CN(Cc1ccco1)C(=O)CCc1nc2ccccc2s1. The minimum Gasteiger partial charge on any atom is -0.467 e. The van der Waals surface area contributed by atoms with Crippen LogP contribution in [0, 0.1) is 0 Å². The number of hydrogen-bond acceptors (Lipinski definition) is 4. The van der Waals surface area contributed by atoms with Crippen molar-refractivity contribution in [2.45, 2.75) is 19.4 Å². The van der Waals surface area contributed by atoms with Gasteiger partial charge >= 0.3 is 0 Å². The normalized spacial score (nSPS) is 10.9. The fraction of sp³-hybridized carbons (Fsp3) is 0.250. The van der Waals surface area contributed by atoms with Crippen molar-refractivity contribution in [2.75, 3.05) is 7.05 Å². The molecule has 0 N–H and O–H groups in total. The van der Waals surface area contributed by atoms with Crippen LogP contribution in [0.15, 0.2) is 47.1 Å². The highest BCUT2D eigenvalue weighted by molar-refractivity contribution is 7.18. The highest BCUT2D eigenvalue weighted by Crippen LogP contribution is 2.22. The predicted octanol–water partition coefficient (Wildman–Crippen LogP) is 3.48. The van der Waals surface area contributed by atoms with E-state index < -0.39 is 0 Å². The van der Waals surface area contributed by atoms with Gasteiger partial charge in [0.25, 0.3) is 0 Å². The molecule has 0 saturated carbocycles. The van der Waals surface area contributed by atoms with Gasteiger partial charge in [-0.3, -0.25) is 4.79 Å². The number of aryl methyl sites for hydroxylation is 1. The number of furan rings is 1. The van der Waals surface area contributed by atoms with Crippen LogP contribution in [0.2, 0.25) is 0 Å². The first-order chi connectivity index (χ1) is 10.2. The number of carbonyl (C=O) groups excluding carboxylic acids is 1. The number of rotatable bonds is 5. The first-order valence-electron chi connectivity index (χ1n) is 6.83. The monoisotopic (exact) mass is 300 g/mol. The topological polar surface area (TPSA) is 46.3 Å². The summed E-state index contributed by atoms with van der Waals surface area (Å²) in [7, 11) is 1.79. The number of amides is 1. The zero-order chi connectivity index (χ0) is 14.7. The van der Waals surface area contributed by atoms with Crippen LogP contribution in [0.4, 0.5) is 0 Å². The molecule has 5 heteroatoms. The first kappa shape index (κ1) is 13.8. The van der Waals surface area contributed by atoms with Crippen molar-refractivity contribution in [3.63, 3.8) is 0 Å². The highest BCUT2D eigenvalue weighted by Gasteiger charge is 2.12. The Labute approximate surface area is 127 Å². The lowest BCUT2D eigenvalue weighted by Gasteiger charge is -2.15. The number of thiazole rings is 1. The molecule has 0 spiro atoms. The summed E-state index contributed by atoms with van der Waals surface area (Å²) in [5, 5.41) is 1.01. The molecule has 2 heterocycles. The van der Waals surface area contributed by atoms with E-state index in [0.717, 1.165) is 16.3 Å². The van der Waals surface area contributed by atoms with Gasteiger partial charge in [-0.25, -0.2) is 4.98 Å². The van der Waals surface area contributed by atoms with E-state index in [-0.39, 0.29) is 5.91 Å². The standard InChI is InChI=1S/C16H16N2O2S/c1-18(11-12-5-4-10-20-12)16(19)9-8-15-17-13-6-2-3-7-14(13)21-15/h2-7,10H,8-9,11H2,1H3.